The molecule has 1 amide bonds. The highest BCUT2D eigenvalue weighted by Gasteiger charge is 2.35. The summed E-state index contributed by atoms with van der Waals surface area (Å²) in [4.78, 5) is 38.0. The molecule has 2 aromatic heterocycles. The Labute approximate surface area is 211 Å². The Morgan fingerprint density at radius 1 is 1.03 bits per heavy atom. The van der Waals surface area contributed by atoms with Gasteiger partial charge in [0.25, 0.3) is 0 Å². The van der Waals surface area contributed by atoms with Gasteiger partial charge in [-0.05, 0) is 35.4 Å². The number of carbonyl (C=O) groups excluding carboxylic acids is 2. The van der Waals surface area contributed by atoms with Crippen LogP contribution >= 0.6 is 22.9 Å². The number of esters is 1. The summed E-state index contributed by atoms with van der Waals surface area (Å²) in [6.07, 6.45) is 3.19. The van der Waals surface area contributed by atoms with Gasteiger partial charge in [0.2, 0.25) is 5.91 Å². The first-order valence-corrected chi connectivity index (χ1v) is 11.9. The fraction of sp³-hybridized carbons (Fsp3) is 0.154. The second-order valence-electron chi connectivity index (χ2n) is 7.49. The lowest BCUT2D eigenvalue weighted by molar-refractivity contribution is -0.149. The smallest absolute Gasteiger partial charge is 0.323 e. The molecule has 9 heteroatoms. The topological polar surface area (TPSA) is 81.6 Å². The van der Waals surface area contributed by atoms with Gasteiger partial charge >= 0.3 is 5.97 Å². The number of nitrogens with zero attached hydrogens (tertiary/aromatic N) is 3. The van der Waals surface area contributed by atoms with Crippen molar-refractivity contribution in [2.45, 2.75) is 19.1 Å². The number of thiazole rings is 1. The van der Waals surface area contributed by atoms with E-state index in [1.165, 1.54) is 23.3 Å². The lowest BCUT2D eigenvalue weighted by atomic mass is 9.97. The summed E-state index contributed by atoms with van der Waals surface area (Å²) >= 11 is 7.27. The molecule has 0 fully saturated rings. The van der Waals surface area contributed by atoms with Gasteiger partial charge in [-0.1, -0.05) is 60.1 Å². The molecule has 2 aromatic carbocycles. The SMILES string of the molecule is COc1cccc(C(C(=O)OCc2ccccc2)C(=O)N(Cc2cnc(Cl)s2)c2ccccn2)c1. The normalized spacial score (nSPS) is 11.5. The summed E-state index contributed by atoms with van der Waals surface area (Å²) in [5.41, 5.74) is 1.27. The van der Waals surface area contributed by atoms with E-state index < -0.39 is 17.8 Å². The van der Waals surface area contributed by atoms with Crippen LogP contribution in [0.1, 0.15) is 21.9 Å². The van der Waals surface area contributed by atoms with Crippen molar-refractivity contribution in [2.24, 2.45) is 0 Å². The van der Waals surface area contributed by atoms with Crippen LogP contribution in [-0.2, 0) is 27.5 Å². The molecule has 0 radical (unpaired) electrons. The number of carbonyl (C=O) groups is 2. The van der Waals surface area contributed by atoms with Crippen LogP contribution in [0.3, 0.4) is 0 Å². The van der Waals surface area contributed by atoms with Crippen LogP contribution < -0.4 is 9.64 Å². The Bertz CT molecular complexity index is 1280. The van der Waals surface area contributed by atoms with Crippen molar-refractivity contribution in [3.63, 3.8) is 0 Å². The highest BCUT2D eigenvalue weighted by atomic mass is 35.5. The Morgan fingerprint density at radius 2 is 1.83 bits per heavy atom. The predicted octanol–water partition coefficient (Wildman–Crippen LogP) is 5.26. The van der Waals surface area contributed by atoms with Crippen LogP contribution in [0.5, 0.6) is 5.75 Å². The minimum Gasteiger partial charge on any atom is -0.497 e. The van der Waals surface area contributed by atoms with Gasteiger partial charge in [0.15, 0.2) is 10.4 Å². The van der Waals surface area contributed by atoms with E-state index in [4.69, 9.17) is 21.1 Å². The number of methoxy groups -OCH3 is 1. The lowest BCUT2D eigenvalue weighted by Gasteiger charge is -2.26. The minimum absolute atomic E-state index is 0.0431. The van der Waals surface area contributed by atoms with Crippen LogP contribution in [0.2, 0.25) is 4.47 Å². The van der Waals surface area contributed by atoms with Gasteiger partial charge in [0.1, 0.15) is 18.2 Å². The Kier molecular flexibility index (Phi) is 8.07. The maximum absolute atomic E-state index is 14.0. The number of ether oxygens (including phenoxy) is 2. The number of pyridine rings is 1. The quantitative estimate of drug-likeness (QED) is 0.227. The number of rotatable bonds is 9. The molecule has 1 atom stereocenters. The number of halogens is 1. The van der Waals surface area contributed by atoms with Crippen LogP contribution in [0.25, 0.3) is 0 Å². The van der Waals surface area contributed by atoms with E-state index in [1.807, 2.05) is 30.3 Å². The van der Waals surface area contributed by atoms with Gasteiger partial charge in [-0.3, -0.25) is 14.5 Å². The molecule has 0 aliphatic rings. The van der Waals surface area contributed by atoms with Gasteiger partial charge in [0, 0.05) is 17.3 Å². The van der Waals surface area contributed by atoms with Crippen molar-refractivity contribution in [3.05, 3.63) is 106 Å². The largest absolute Gasteiger partial charge is 0.497 e. The maximum atomic E-state index is 14.0. The first kappa shape index (κ1) is 24.4. The maximum Gasteiger partial charge on any atom is 0.323 e. The number of anilines is 1. The first-order valence-electron chi connectivity index (χ1n) is 10.7. The van der Waals surface area contributed by atoms with E-state index in [0.29, 0.717) is 21.6 Å². The van der Waals surface area contributed by atoms with Crippen molar-refractivity contribution >= 4 is 40.6 Å². The number of aromatic nitrogens is 2. The highest BCUT2D eigenvalue weighted by Crippen LogP contribution is 2.29. The van der Waals surface area contributed by atoms with Gasteiger partial charge < -0.3 is 9.47 Å². The Hall–Kier alpha value is -3.75. The molecule has 0 aliphatic carbocycles. The van der Waals surface area contributed by atoms with Crippen molar-refractivity contribution < 1.29 is 19.1 Å². The molecule has 4 aromatic rings. The zero-order valence-corrected chi connectivity index (χ0v) is 20.4. The second kappa shape index (κ2) is 11.6. The molecule has 0 bridgehead atoms. The number of hydrogen-bond acceptors (Lipinski definition) is 7. The van der Waals surface area contributed by atoms with Crippen molar-refractivity contribution in [1.82, 2.24) is 9.97 Å². The molecule has 0 N–H and O–H groups in total. The van der Waals surface area contributed by atoms with Crippen molar-refractivity contribution in [1.29, 1.82) is 0 Å². The van der Waals surface area contributed by atoms with Crippen molar-refractivity contribution in [2.75, 3.05) is 12.0 Å². The van der Waals surface area contributed by atoms with E-state index in [9.17, 15) is 9.59 Å². The highest BCUT2D eigenvalue weighted by molar-refractivity contribution is 7.15. The Morgan fingerprint density at radius 3 is 2.51 bits per heavy atom. The standard InChI is InChI=1S/C26H22ClN3O4S/c1-33-20-11-7-10-19(14-20)23(25(32)34-17-18-8-3-2-4-9-18)24(31)30(22-12-5-6-13-28-22)16-21-15-29-26(27)35-21/h2-15,23H,16-17H2,1H3. The molecule has 1 unspecified atom stereocenters. The molecule has 0 saturated carbocycles. The summed E-state index contributed by atoms with van der Waals surface area (Å²) in [7, 11) is 1.53. The first-order chi connectivity index (χ1) is 17.0. The van der Waals surface area contributed by atoms with Crippen molar-refractivity contribution in [3.8, 4) is 5.75 Å². The van der Waals surface area contributed by atoms with E-state index in [2.05, 4.69) is 9.97 Å². The molecule has 7 nitrogen and oxygen atoms in total. The van der Waals surface area contributed by atoms with E-state index in [-0.39, 0.29) is 13.2 Å². The zero-order chi connectivity index (χ0) is 24.6. The average Bonchev–Trinajstić information content (AvgIpc) is 3.32. The summed E-state index contributed by atoms with van der Waals surface area (Å²) in [5.74, 6) is -1.48. The fourth-order valence-electron chi connectivity index (χ4n) is 3.47. The fourth-order valence-corrected chi connectivity index (χ4v) is 4.43. The van der Waals surface area contributed by atoms with Gasteiger partial charge in [-0.25, -0.2) is 9.97 Å². The second-order valence-corrected chi connectivity index (χ2v) is 9.19. The van der Waals surface area contributed by atoms with E-state index in [0.717, 1.165) is 10.4 Å². The molecule has 0 saturated heterocycles. The van der Waals surface area contributed by atoms with E-state index in [1.54, 1.807) is 54.9 Å². The van der Waals surface area contributed by atoms with Gasteiger partial charge in [-0.15, -0.1) is 11.3 Å². The minimum atomic E-state index is -1.24. The van der Waals surface area contributed by atoms with Crippen LogP contribution in [0, 0.1) is 0 Å². The van der Waals surface area contributed by atoms with Crippen LogP contribution in [0.4, 0.5) is 5.82 Å². The number of hydrogen-bond donors (Lipinski definition) is 0. The summed E-state index contributed by atoms with van der Waals surface area (Å²) in [6, 6.07) is 21.4. The van der Waals surface area contributed by atoms with Crippen LogP contribution in [-0.4, -0.2) is 29.0 Å². The molecule has 178 valence electrons. The summed E-state index contributed by atoms with van der Waals surface area (Å²) in [5, 5.41) is 0. The zero-order valence-electron chi connectivity index (χ0n) is 18.8. The third-order valence-electron chi connectivity index (χ3n) is 5.16. The molecule has 2 heterocycles. The summed E-state index contributed by atoms with van der Waals surface area (Å²) < 4.78 is 11.3. The van der Waals surface area contributed by atoms with E-state index >= 15 is 0 Å². The summed E-state index contributed by atoms with van der Waals surface area (Å²) in [6.45, 7) is 0.189. The third-order valence-corrected chi connectivity index (χ3v) is 6.26. The Balaban J connectivity index is 1.69. The van der Waals surface area contributed by atoms with Gasteiger partial charge in [-0.2, -0.15) is 0 Å². The molecule has 0 spiro atoms. The molecular formula is C26H22ClN3O4S. The number of amides is 1. The third kappa shape index (κ3) is 6.23. The number of benzene rings is 2. The van der Waals surface area contributed by atoms with Crippen LogP contribution in [0.15, 0.2) is 85.2 Å². The molecule has 35 heavy (non-hydrogen) atoms. The predicted molar refractivity (Wildman–Crippen MR) is 135 cm³/mol. The molecular weight excluding hydrogens is 486 g/mol. The average molecular weight is 508 g/mol. The lowest BCUT2D eigenvalue weighted by Crippen LogP contribution is -2.39. The molecule has 4 rings (SSSR count). The molecule has 0 aliphatic heterocycles. The monoisotopic (exact) mass is 507 g/mol. The van der Waals surface area contributed by atoms with Gasteiger partial charge in [0.05, 0.1) is 13.7 Å².